The number of rotatable bonds is 4. The Balaban J connectivity index is 1.77. The summed E-state index contributed by atoms with van der Waals surface area (Å²) >= 11 is 0. The van der Waals surface area contributed by atoms with Crippen LogP contribution in [0.3, 0.4) is 0 Å². The summed E-state index contributed by atoms with van der Waals surface area (Å²) in [5.74, 6) is 1.68. The van der Waals surface area contributed by atoms with Crippen LogP contribution in [0.5, 0.6) is 5.75 Å². The number of anilines is 1. The van der Waals surface area contributed by atoms with Gasteiger partial charge >= 0.3 is 0 Å². The first kappa shape index (κ1) is 12.1. The van der Waals surface area contributed by atoms with Crippen LogP contribution in [0.15, 0.2) is 36.8 Å². The summed E-state index contributed by atoms with van der Waals surface area (Å²) in [6, 6.07) is 8.29. The second-order valence-electron chi connectivity index (χ2n) is 5.13. The lowest BCUT2D eigenvalue weighted by atomic mass is 10.3. The molecule has 0 spiro atoms. The zero-order valence-corrected chi connectivity index (χ0v) is 11.7. The van der Waals surface area contributed by atoms with E-state index in [4.69, 9.17) is 4.74 Å². The lowest BCUT2D eigenvalue weighted by molar-refractivity contribution is 0.414. The molecule has 1 aliphatic carbocycles. The van der Waals surface area contributed by atoms with Gasteiger partial charge < -0.3 is 10.1 Å². The minimum atomic E-state index is 0.549. The van der Waals surface area contributed by atoms with Crippen LogP contribution in [-0.2, 0) is 0 Å². The molecule has 6 nitrogen and oxygen atoms in total. The average molecular weight is 281 g/mol. The predicted molar refractivity (Wildman–Crippen MR) is 79.9 cm³/mol. The summed E-state index contributed by atoms with van der Waals surface area (Å²) in [4.78, 5) is 8.69. The fraction of sp³-hybridized carbons (Fsp3) is 0.267. The number of hydrogen-bond donors (Lipinski definition) is 1. The molecule has 2 aromatic heterocycles. The van der Waals surface area contributed by atoms with Crippen molar-refractivity contribution in [3.8, 4) is 11.4 Å². The monoisotopic (exact) mass is 281 g/mol. The summed E-state index contributed by atoms with van der Waals surface area (Å²) in [6.07, 6.45) is 5.80. The van der Waals surface area contributed by atoms with Crippen LogP contribution in [0, 0.1) is 0 Å². The van der Waals surface area contributed by atoms with Crippen molar-refractivity contribution in [3.63, 3.8) is 0 Å². The molecule has 21 heavy (non-hydrogen) atoms. The van der Waals surface area contributed by atoms with E-state index >= 15 is 0 Å². The van der Waals surface area contributed by atoms with Crippen molar-refractivity contribution in [1.82, 2.24) is 19.7 Å². The number of nitrogens with zero attached hydrogens (tertiary/aromatic N) is 4. The highest BCUT2D eigenvalue weighted by atomic mass is 16.5. The van der Waals surface area contributed by atoms with Gasteiger partial charge in [0.2, 0.25) is 0 Å². The highest BCUT2D eigenvalue weighted by Gasteiger charge is 2.23. The van der Waals surface area contributed by atoms with Crippen LogP contribution in [0.4, 0.5) is 5.82 Å². The first-order valence-electron chi connectivity index (χ1n) is 6.95. The molecule has 3 aromatic rings. The molecule has 1 aromatic carbocycles. The molecule has 0 amide bonds. The fourth-order valence-corrected chi connectivity index (χ4v) is 2.29. The second kappa shape index (κ2) is 4.73. The minimum absolute atomic E-state index is 0.549. The zero-order valence-electron chi connectivity index (χ0n) is 11.7. The number of methoxy groups -OCH3 is 1. The fourth-order valence-electron chi connectivity index (χ4n) is 2.29. The summed E-state index contributed by atoms with van der Waals surface area (Å²) in [7, 11) is 1.65. The molecule has 0 aliphatic heterocycles. The molecule has 0 atom stereocenters. The summed E-state index contributed by atoms with van der Waals surface area (Å²) < 4.78 is 6.99. The smallest absolute Gasteiger partial charge is 0.168 e. The van der Waals surface area contributed by atoms with Crippen molar-refractivity contribution in [2.24, 2.45) is 0 Å². The van der Waals surface area contributed by atoms with Crippen molar-refractivity contribution < 1.29 is 4.74 Å². The standard InChI is InChI=1S/C15H15N5O/c1-21-12-6-4-11(5-7-12)20-15-13(8-18-20)14(16-9-17-15)19-10-2-3-10/h4-10H,2-3H2,1H3,(H,16,17,19). The van der Waals surface area contributed by atoms with Crippen LogP contribution < -0.4 is 10.1 Å². The Bertz CT molecular complexity index is 776. The van der Waals surface area contributed by atoms with Gasteiger partial charge in [-0.15, -0.1) is 0 Å². The largest absolute Gasteiger partial charge is 0.497 e. The van der Waals surface area contributed by atoms with Crippen LogP contribution in [0.2, 0.25) is 0 Å². The Morgan fingerprint density at radius 3 is 2.71 bits per heavy atom. The number of ether oxygens (including phenoxy) is 1. The molecular formula is C15H15N5O. The highest BCUT2D eigenvalue weighted by molar-refractivity contribution is 5.87. The third kappa shape index (κ3) is 2.18. The molecular weight excluding hydrogens is 266 g/mol. The van der Waals surface area contributed by atoms with Crippen molar-refractivity contribution >= 4 is 16.9 Å². The van der Waals surface area contributed by atoms with Crippen molar-refractivity contribution in [1.29, 1.82) is 0 Å². The second-order valence-corrected chi connectivity index (χ2v) is 5.13. The van der Waals surface area contributed by atoms with E-state index in [-0.39, 0.29) is 0 Å². The Hall–Kier alpha value is -2.63. The zero-order chi connectivity index (χ0) is 14.2. The number of hydrogen-bond acceptors (Lipinski definition) is 5. The normalized spacial score (nSPS) is 14.3. The number of aromatic nitrogens is 4. The van der Waals surface area contributed by atoms with Gasteiger partial charge in [-0.2, -0.15) is 5.10 Å². The summed E-state index contributed by atoms with van der Waals surface area (Å²) in [5.41, 5.74) is 1.75. The molecule has 0 radical (unpaired) electrons. The molecule has 1 saturated carbocycles. The molecule has 6 heteroatoms. The van der Waals surface area contributed by atoms with Crippen LogP contribution in [0.1, 0.15) is 12.8 Å². The third-order valence-electron chi connectivity index (χ3n) is 3.60. The van der Waals surface area contributed by atoms with E-state index in [0.717, 1.165) is 28.3 Å². The van der Waals surface area contributed by atoms with E-state index in [9.17, 15) is 0 Å². The number of nitrogens with one attached hydrogen (secondary N) is 1. The van der Waals surface area contributed by atoms with Gasteiger partial charge in [0.1, 0.15) is 17.9 Å². The maximum atomic E-state index is 5.18. The molecule has 0 unspecified atom stereocenters. The lowest BCUT2D eigenvalue weighted by Gasteiger charge is -2.06. The van der Waals surface area contributed by atoms with E-state index in [1.165, 1.54) is 12.8 Å². The average Bonchev–Trinajstić information content (AvgIpc) is 3.24. The Kier molecular flexibility index (Phi) is 2.73. The summed E-state index contributed by atoms with van der Waals surface area (Å²) in [6.45, 7) is 0. The molecule has 0 bridgehead atoms. The van der Waals surface area contributed by atoms with Crippen molar-refractivity contribution in [3.05, 3.63) is 36.8 Å². The number of benzene rings is 1. The first-order valence-corrected chi connectivity index (χ1v) is 6.95. The summed E-state index contributed by atoms with van der Waals surface area (Å²) in [5, 5.41) is 8.80. The van der Waals surface area contributed by atoms with Gasteiger partial charge in [-0.05, 0) is 37.1 Å². The SMILES string of the molecule is COc1ccc(-n2ncc3c(NC4CC4)ncnc32)cc1. The van der Waals surface area contributed by atoms with Gasteiger partial charge in [-0.1, -0.05) is 0 Å². The Morgan fingerprint density at radius 2 is 2.00 bits per heavy atom. The molecule has 106 valence electrons. The van der Waals surface area contributed by atoms with Crippen molar-refractivity contribution in [2.45, 2.75) is 18.9 Å². The Labute approximate surface area is 121 Å². The molecule has 4 rings (SSSR count). The molecule has 1 N–H and O–H groups in total. The maximum absolute atomic E-state index is 5.18. The van der Waals surface area contributed by atoms with E-state index in [1.807, 2.05) is 35.1 Å². The number of fused-ring (bicyclic) bond motifs is 1. The van der Waals surface area contributed by atoms with E-state index in [1.54, 1.807) is 13.4 Å². The molecule has 0 saturated heterocycles. The van der Waals surface area contributed by atoms with Crippen LogP contribution in [0.25, 0.3) is 16.7 Å². The maximum Gasteiger partial charge on any atom is 0.168 e. The molecule has 1 fully saturated rings. The van der Waals surface area contributed by atoms with E-state index in [2.05, 4.69) is 20.4 Å². The van der Waals surface area contributed by atoms with Gasteiger partial charge in [-0.25, -0.2) is 14.6 Å². The molecule has 2 heterocycles. The lowest BCUT2D eigenvalue weighted by Crippen LogP contribution is -2.04. The predicted octanol–water partition coefficient (Wildman–Crippen LogP) is 2.40. The van der Waals surface area contributed by atoms with Gasteiger partial charge in [0.25, 0.3) is 0 Å². The van der Waals surface area contributed by atoms with Gasteiger partial charge in [-0.3, -0.25) is 0 Å². The van der Waals surface area contributed by atoms with E-state index in [0.29, 0.717) is 6.04 Å². The highest BCUT2D eigenvalue weighted by Crippen LogP contribution is 2.28. The van der Waals surface area contributed by atoms with E-state index < -0.39 is 0 Å². The quantitative estimate of drug-likeness (QED) is 0.795. The molecule has 1 aliphatic rings. The van der Waals surface area contributed by atoms with Crippen LogP contribution >= 0.6 is 0 Å². The first-order chi connectivity index (χ1) is 10.3. The van der Waals surface area contributed by atoms with Gasteiger partial charge in [0.05, 0.1) is 24.4 Å². The van der Waals surface area contributed by atoms with Gasteiger partial charge in [0, 0.05) is 6.04 Å². The topological polar surface area (TPSA) is 64.9 Å². The van der Waals surface area contributed by atoms with Crippen molar-refractivity contribution in [2.75, 3.05) is 12.4 Å². The Morgan fingerprint density at radius 1 is 1.19 bits per heavy atom. The minimum Gasteiger partial charge on any atom is -0.497 e. The van der Waals surface area contributed by atoms with Crippen LogP contribution in [-0.4, -0.2) is 32.9 Å². The van der Waals surface area contributed by atoms with Gasteiger partial charge in [0.15, 0.2) is 5.65 Å². The third-order valence-corrected chi connectivity index (χ3v) is 3.60.